The van der Waals surface area contributed by atoms with Crippen LogP contribution in [0.15, 0.2) is 11.7 Å². The molecule has 1 N–H and O–H groups in total. The van der Waals surface area contributed by atoms with Crippen LogP contribution in [0.5, 0.6) is 0 Å². The first-order valence-electron chi connectivity index (χ1n) is 5.27. The molecule has 0 aromatic carbocycles. The Kier molecular flexibility index (Phi) is 4.89. The SMILES string of the molecule is CC(C)(C)OC(=O)CCNCc1cncs1. The highest BCUT2D eigenvalue weighted by molar-refractivity contribution is 7.09. The number of hydrogen-bond donors (Lipinski definition) is 1. The number of ether oxygens (including phenoxy) is 1. The zero-order valence-electron chi connectivity index (χ0n) is 9.95. The summed E-state index contributed by atoms with van der Waals surface area (Å²) in [5.41, 5.74) is 1.40. The minimum absolute atomic E-state index is 0.163. The topological polar surface area (TPSA) is 51.2 Å². The number of nitrogens with zero attached hydrogens (tertiary/aromatic N) is 1. The molecule has 0 aliphatic heterocycles. The van der Waals surface area contributed by atoms with E-state index in [-0.39, 0.29) is 5.97 Å². The van der Waals surface area contributed by atoms with Gasteiger partial charge in [0.2, 0.25) is 0 Å². The minimum Gasteiger partial charge on any atom is -0.460 e. The molecule has 16 heavy (non-hydrogen) atoms. The van der Waals surface area contributed by atoms with E-state index in [2.05, 4.69) is 10.3 Å². The zero-order valence-corrected chi connectivity index (χ0v) is 10.8. The summed E-state index contributed by atoms with van der Waals surface area (Å²) in [6.45, 7) is 7.00. The van der Waals surface area contributed by atoms with Crippen molar-refractivity contribution >= 4 is 17.3 Å². The monoisotopic (exact) mass is 242 g/mol. The molecule has 4 nitrogen and oxygen atoms in total. The van der Waals surface area contributed by atoms with E-state index in [1.807, 2.05) is 27.0 Å². The third-order valence-electron chi connectivity index (χ3n) is 1.71. The third-order valence-corrected chi connectivity index (χ3v) is 2.49. The summed E-state index contributed by atoms with van der Waals surface area (Å²) in [4.78, 5) is 16.5. The molecule has 0 spiro atoms. The molecule has 0 atom stereocenters. The Bertz CT molecular complexity index is 317. The molecule has 0 unspecified atom stereocenters. The van der Waals surface area contributed by atoms with Crippen molar-refractivity contribution in [3.63, 3.8) is 0 Å². The number of carbonyl (C=O) groups excluding carboxylic acids is 1. The Labute approximate surface area is 100 Å². The van der Waals surface area contributed by atoms with E-state index in [4.69, 9.17) is 4.74 Å². The Morgan fingerprint density at radius 1 is 1.56 bits per heavy atom. The number of esters is 1. The van der Waals surface area contributed by atoms with Gasteiger partial charge in [-0.15, -0.1) is 11.3 Å². The van der Waals surface area contributed by atoms with Crippen LogP contribution in [-0.4, -0.2) is 23.1 Å². The first kappa shape index (κ1) is 13.1. The van der Waals surface area contributed by atoms with Crippen LogP contribution in [0.4, 0.5) is 0 Å². The van der Waals surface area contributed by atoms with Crippen LogP contribution in [0.2, 0.25) is 0 Å². The number of thiazole rings is 1. The van der Waals surface area contributed by atoms with Crippen molar-refractivity contribution in [1.29, 1.82) is 0 Å². The van der Waals surface area contributed by atoms with Gasteiger partial charge in [-0.2, -0.15) is 0 Å². The van der Waals surface area contributed by atoms with Crippen LogP contribution in [0.3, 0.4) is 0 Å². The molecule has 1 aromatic heterocycles. The molecule has 5 heteroatoms. The molecular weight excluding hydrogens is 224 g/mol. The molecule has 90 valence electrons. The lowest BCUT2D eigenvalue weighted by Crippen LogP contribution is -2.26. The van der Waals surface area contributed by atoms with E-state index in [1.54, 1.807) is 16.8 Å². The molecule has 0 aliphatic carbocycles. The van der Waals surface area contributed by atoms with E-state index in [0.717, 1.165) is 6.54 Å². The van der Waals surface area contributed by atoms with Crippen LogP contribution in [0.1, 0.15) is 32.1 Å². The Hall–Kier alpha value is -0.940. The molecule has 0 bridgehead atoms. The van der Waals surface area contributed by atoms with Gasteiger partial charge in [0, 0.05) is 24.2 Å². The average Bonchev–Trinajstić information content (AvgIpc) is 2.62. The van der Waals surface area contributed by atoms with Crippen molar-refractivity contribution in [2.75, 3.05) is 6.54 Å². The van der Waals surface area contributed by atoms with Crippen LogP contribution in [0.25, 0.3) is 0 Å². The summed E-state index contributed by atoms with van der Waals surface area (Å²) in [5, 5.41) is 3.17. The maximum Gasteiger partial charge on any atom is 0.307 e. The predicted molar refractivity (Wildman–Crippen MR) is 64.3 cm³/mol. The van der Waals surface area contributed by atoms with E-state index in [0.29, 0.717) is 13.0 Å². The third kappa shape index (κ3) is 5.82. The van der Waals surface area contributed by atoms with Crippen molar-refractivity contribution in [3.05, 3.63) is 16.6 Å². The maximum atomic E-state index is 11.3. The quantitative estimate of drug-likeness (QED) is 0.633. The summed E-state index contributed by atoms with van der Waals surface area (Å²) in [6, 6.07) is 0. The van der Waals surface area contributed by atoms with E-state index < -0.39 is 5.60 Å². The second-order valence-corrected chi connectivity index (χ2v) is 5.45. The highest BCUT2D eigenvalue weighted by Crippen LogP contribution is 2.08. The number of carbonyl (C=O) groups is 1. The summed E-state index contributed by atoms with van der Waals surface area (Å²) < 4.78 is 5.19. The fourth-order valence-corrected chi connectivity index (χ4v) is 1.69. The smallest absolute Gasteiger partial charge is 0.307 e. The van der Waals surface area contributed by atoms with Gasteiger partial charge in [-0.25, -0.2) is 0 Å². The molecule has 0 radical (unpaired) electrons. The lowest BCUT2D eigenvalue weighted by atomic mass is 10.2. The fraction of sp³-hybridized carbons (Fsp3) is 0.636. The Morgan fingerprint density at radius 3 is 2.88 bits per heavy atom. The number of nitrogens with one attached hydrogen (secondary N) is 1. The van der Waals surface area contributed by atoms with Gasteiger partial charge < -0.3 is 10.1 Å². The van der Waals surface area contributed by atoms with Crippen LogP contribution >= 0.6 is 11.3 Å². The number of hydrogen-bond acceptors (Lipinski definition) is 5. The lowest BCUT2D eigenvalue weighted by molar-refractivity contribution is -0.154. The molecule has 0 saturated carbocycles. The van der Waals surface area contributed by atoms with E-state index >= 15 is 0 Å². The van der Waals surface area contributed by atoms with Crippen molar-refractivity contribution < 1.29 is 9.53 Å². The van der Waals surface area contributed by atoms with Crippen LogP contribution < -0.4 is 5.32 Å². The number of aromatic nitrogens is 1. The largest absolute Gasteiger partial charge is 0.460 e. The van der Waals surface area contributed by atoms with Gasteiger partial charge >= 0.3 is 5.97 Å². The average molecular weight is 242 g/mol. The first-order chi connectivity index (χ1) is 7.47. The normalized spacial score (nSPS) is 11.4. The Balaban J connectivity index is 2.09. The van der Waals surface area contributed by atoms with Gasteiger partial charge in [0.1, 0.15) is 5.60 Å². The van der Waals surface area contributed by atoms with Gasteiger partial charge in [-0.3, -0.25) is 9.78 Å². The fourth-order valence-electron chi connectivity index (χ4n) is 1.12. The minimum atomic E-state index is -0.394. The van der Waals surface area contributed by atoms with E-state index in [9.17, 15) is 4.79 Å². The van der Waals surface area contributed by atoms with Crippen LogP contribution in [-0.2, 0) is 16.1 Å². The molecule has 1 aromatic rings. The molecule has 0 aliphatic rings. The molecule has 0 fully saturated rings. The van der Waals surface area contributed by atoms with E-state index in [1.165, 1.54) is 4.88 Å². The molecule has 0 saturated heterocycles. The zero-order chi connectivity index (χ0) is 12.0. The van der Waals surface area contributed by atoms with Gasteiger partial charge in [0.15, 0.2) is 0 Å². The second-order valence-electron chi connectivity index (χ2n) is 4.48. The molecule has 1 heterocycles. The van der Waals surface area contributed by atoms with Crippen molar-refractivity contribution in [1.82, 2.24) is 10.3 Å². The highest BCUT2D eigenvalue weighted by Gasteiger charge is 2.15. The second kappa shape index (κ2) is 5.96. The van der Waals surface area contributed by atoms with Gasteiger partial charge in [-0.1, -0.05) is 0 Å². The van der Waals surface area contributed by atoms with Gasteiger partial charge in [-0.05, 0) is 20.8 Å². The van der Waals surface area contributed by atoms with Gasteiger partial charge in [0.25, 0.3) is 0 Å². The van der Waals surface area contributed by atoms with Crippen molar-refractivity contribution in [2.24, 2.45) is 0 Å². The molecule has 0 amide bonds. The standard InChI is InChI=1S/C11H18N2O2S/c1-11(2,3)15-10(14)4-5-12-6-9-7-13-8-16-9/h7-8,12H,4-6H2,1-3H3. The highest BCUT2D eigenvalue weighted by atomic mass is 32.1. The summed E-state index contributed by atoms with van der Waals surface area (Å²) in [6.07, 6.45) is 2.22. The number of rotatable bonds is 5. The lowest BCUT2D eigenvalue weighted by Gasteiger charge is -2.19. The molecular formula is C11H18N2O2S. The molecule has 1 rings (SSSR count). The Morgan fingerprint density at radius 2 is 2.31 bits per heavy atom. The van der Waals surface area contributed by atoms with Crippen LogP contribution in [0, 0.1) is 0 Å². The van der Waals surface area contributed by atoms with Crippen molar-refractivity contribution in [2.45, 2.75) is 39.3 Å². The van der Waals surface area contributed by atoms with Crippen molar-refractivity contribution in [3.8, 4) is 0 Å². The van der Waals surface area contributed by atoms with Gasteiger partial charge in [0.05, 0.1) is 11.9 Å². The predicted octanol–water partition coefficient (Wildman–Crippen LogP) is 1.96. The first-order valence-corrected chi connectivity index (χ1v) is 6.15. The maximum absolute atomic E-state index is 11.3. The summed E-state index contributed by atoms with van der Waals surface area (Å²) >= 11 is 1.60. The summed E-state index contributed by atoms with van der Waals surface area (Å²) in [7, 11) is 0. The summed E-state index contributed by atoms with van der Waals surface area (Å²) in [5.74, 6) is -0.163.